The number of alkyl halides is 1. The van der Waals surface area contributed by atoms with Crippen molar-refractivity contribution in [1.82, 2.24) is 39.0 Å². The summed E-state index contributed by atoms with van der Waals surface area (Å²) in [5, 5.41) is 11.1. The van der Waals surface area contributed by atoms with E-state index < -0.39 is 77.8 Å². The van der Waals surface area contributed by atoms with Crippen LogP contribution >= 0.6 is 15.4 Å². The summed E-state index contributed by atoms with van der Waals surface area (Å²) in [7, 11) is -9.40. The number of hydrogen-bond donors (Lipinski definition) is 4. The number of fused-ring (bicyclic) bond motifs is 5. The molecule has 3 aliphatic heterocycles. The SMILES string of the molecule is C=C[P@]1(=O)OC[C@H]2O[C@@H](n3cnc4c(N)ncnc43)[C@@H](F)C2OP(=O)(O)OCC2OC(n3cnc4c(N)ncnc43)C(O1)C2O. The maximum absolute atomic E-state index is 16.0. The first-order valence-electron chi connectivity index (χ1n) is 13.2. The van der Waals surface area contributed by atoms with Gasteiger partial charge in [0, 0.05) is 5.82 Å². The molecule has 3 saturated heterocycles. The molecule has 240 valence electrons. The Morgan fingerprint density at radius 2 is 1.44 bits per heavy atom. The standard InChI is InChI=1S/C22H25FN10O10P2/c1-2-44(35)38-4-10-15(11(23)21(41-10)32-7-30-12-17(24)26-5-28-19(12)32)43-45(36,37)39-3-9-14(34)16(42-44)22(40-9)33-8-31-13-18(25)27-6-29-20(13)33/h2,5-11,14-16,21-22,34H,1,3-4H2,(H,36,37)(H2,24,26,28)(H2,25,27,29)/t9?,10-,11+,14?,15?,16?,21-,22?,44+/m1/s1. The smallest absolute Gasteiger partial charge is 0.387 e. The van der Waals surface area contributed by atoms with Crippen LogP contribution in [0.25, 0.3) is 22.3 Å². The highest BCUT2D eigenvalue weighted by molar-refractivity contribution is 7.57. The predicted octanol–water partition coefficient (Wildman–Crippen LogP) is 0.579. The summed E-state index contributed by atoms with van der Waals surface area (Å²) in [6, 6.07) is 0. The van der Waals surface area contributed by atoms with E-state index >= 15 is 4.39 Å². The number of rotatable bonds is 3. The monoisotopic (exact) mass is 670 g/mol. The average molecular weight is 670 g/mol. The van der Waals surface area contributed by atoms with Crippen molar-refractivity contribution < 1.29 is 51.1 Å². The minimum atomic E-state index is -5.07. The Hall–Kier alpha value is -3.49. The van der Waals surface area contributed by atoms with Crippen LogP contribution in [-0.4, -0.2) is 98.9 Å². The number of aliphatic hydroxyl groups is 1. The maximum atomic E-state index is 16.0. The molecule has 45 heavy (non-hydrogen) atoms. The van der Waals surface area contributed by atoms with Gasteiger partial charge in [-0.25, -0.2) is 38.9 Å². The summed E-state index contributed by atoms with van der Waals surface area (Å²) in [6.45, 7) is 2.10. The van der Waals surface area contributed by atoms with Gasteiger partial charge in [0.1, 0.15) is 54.2 Å². The second-order valence-corrected chi connectivity index (χ2v) is 13.5. The average Bonchev–Trinajstić information content (AvgIpc) is 3.77. The first-order valence-corrected chi connectivity index (χ1v) is 16.3. The zero-order valence-corrected chi connectivity index (χ0v) is 24.6. The summed E-state index contributed by atoms with van der Waals surface area (Å²) in [5.74, 6) is 0.968. The molecule has 20 nitrogen and oxygen atoms in total. The molecule has 0 saturated carbocycles. The fraction of sp³-hybridized carbons (Fsp3) is 0.455. The molecule has 6 N–H and O–H groups in total. The fourth-order valence-corrected chi connectivity index (χ4v) is 7.44. The third kappa shape index (κ3) is 5.20. The van der Waals surface area contributed by atoms with Gasteiger partial charge < -0.3 is 35.5 Å². The highest BCUT2D eigenvalue weighted by atomic mass is 31.2. The Morgan fingerprint density at radius 1 is 0.867 bits per heavy atom. The zero-order chi connectivity index (χ0) is 31.7. The summed E-state index contributed by atoms with van der Waals surface area (Å²) in [4.78, 5) is 34.8. The molecule has 2 bridgehead atoms. The van der Waals surface area contributed by atoms with Crippen LogP contribution in [0.5, 0.6) is 0 Å². The van der Waals surface area contributed by atoms with E-state index in [1.54, 1.807) is 0 Å². The van der Waals surface area contributed by atoms with Crippen molar-refractivity contribution in [2.24, 2.45) is 0 Å². The van der Waals surface area contributed by atoms with Gasteiger partial charge >= 0.3 is 15.4 Å². The van der Waals surface area contributed by atoms with Gasteiger partial charge in [0.05, 0.1) is 25.9 Å². The quantitative estimate of drug-likeness (QED) is 0.217. The summed E-state index contributed by atoms with van der Waals surface area (Å²) in [5.41, 5.74) is 12.4. The topological polar surface area (TPSA) is 269 Å². The van der Waals surface area contributed by atoms with Crippen LogP contribution < -0.4 is 11.5 Å². The van der Waals surface area contributed by atoms with E-state index in [1.165, 1.54) is 28.1 Å². The number of nitrogens with zero attached hydrogens (tertiary/aromatic N) is 8. The van der Waals surface area contributed by atoms with Crippen molar-refractivity contribution in [3.8, 4) is 0 Å². The highest BCUT2D eigenvalue weighted by Crippen LogP contribution is 2.56. The van der Waals surface area contributed by atoms with Gasteiger partial charge in [-0.15, -0.1) is 0 Å². The number of imidazole rings is 2. The van der Waals surface area contributed by atoms with E-state index in [4.69, 9.17) is 39.0 Å². The van der Waals surface area contributed by atoms with Gasteiger partial charge in [-0.05, 0) is 0 Å². The highest BCUT2D eigenvalue weighted by Gasteiger charge is 2.54. The fourth-order valence-electron chi connectivity index (χ4n) is 5.31. The number of ether oxygens (including phenoxy) is 2. The number of aliphatic hydroxyl groups excluding tert-OH is 1. The lowest BCUT2D eigenvalue weighted by Crippen LogP contribution is -2.35. The Balaban J connectivity index is 1.22. The van der Waals surface area contributed by atoms with Crippen molar-refractivity contribution >= 4 is 49.4 Å². The number of aromatic nitrogens is 8. The zero-order valence-electron chi connectivity index (χ0n) is 22.8. The predicted molar refractivity (Wildman–Crippen MR) is 147 cm³/mol. The van der Waals surface area contributed by atoms with E-state index in [1.807, 2.05) is 0 Å². The molecule has 4 aromatic rings. The number of phosphoric acid groups is 1. The number of anilines is 2. The molecule has 7 heterocycles. The second kappa shape index (κ2) is 11.1. The van der Waals surface area contributed by atoms with Crippen LogP contribution in [0.4, 0.5) is 16.0 Å². The third-order valence-corrected chi connectivity index (χ3v) is 9.95. The summed E-state index contributed by atoms with van der Waals surface area (Å²) < 4.78 is 79.0. The van der Waals surface area contributed by atoms with Gasteiger partial charge in [-0.1, -0.05) is 6.58 Å². The summed E-state index contributed by atoms with van der Waals surface area (Å²) >= 11 is 0. The third-order valence-electron chi connectivity index (χ3n) is 7.47. The Labute approximate surface area is 251 Å². The molecule has 3 aliphatic rings. The lowest BCUT2D eigenvalue weighted by Gasteiger charge is -2.27. The second-order valence-electron chi connectivity index (χ2n) is 10.2. The number of halogens is 1. The van der Waals surface area contributed by atoms with Crippen molar-refractivity contribution in [3.63, 3.8) is 0 Å². The Morgan fingerprint density at radius 3 is 2.07 bits per heavy atom. The van der Waals surface area contributed by atoms with Crippen LogP contribution in [0.15, 0.2) is 37.7 Å². The minimum absolute atomic E-state index is 0.0311. The van der Waals surface area contributed by atoms with Crippen LogP contribution in [-0.2, 0) is 36.7 Å². The molecule has 4 aromatic heterocycles. The molecule has 6 unspecified atom stereocenters. The van der Waals surface area contributed by atoms with Crippen molar-refractivity contribution in [3.05, 3.63) is 37.7 Å². The van der Waals surface area contributed by atoms with Gasteiger partial charge in [0.15, 0.2) is 41.6 Å². The molecular formula is C22H25FN10O10P2. The first kappa shape index (κ1) is 30.2. The lowest BCUT2D eigenvalue weighted by molar-refractivity contribution is -0.0625. The maximum Gasteiger partial charge on any atom is 0.472 e. The number of nitrogens with two attached hydrogens (primary N) is 2. The molecule has 0 radical (unpaired) electrons. The van der Waals surface area contributed by atoms with Crippen LogP contribution in [0.1, 0.15) is 12.5 Å². The van der Waals surface area contributed by atoms with E-state index in [0.29, 0.717) is 0 Å². The van der Waals surface area contributed by atoms with E-state index in [2.05, 4.69) is 36.5 Å². The molecular weight excluding hydrogens is 645 g/mol. The van der Waals surface area contributed by atoms with E-state index in [9.17, 15) is 19.1 Å². The van der Waals surface area contributed by atoms with Crippen molar-refractivity contribution in [2.45, 2.75) is 49.1 Å². The minimum Gasteiger partial charge on any atom is -0.387 e. The van der Waals surface area contributed by atoms with Gasteiger partial charge in [0.25, 0.3) is 0 Å². The molecule has 0 aromatic carbocycles. The molecule has 10 atom stereocenters. The summed E-state index contributed by atoms with van der Waals surface area (Å²) in [6.07, 6.45) is -7.76. The number of phosphoric ester groups is 1. The van der Waals surface area contributed by atoms with Gasteiger partial charge in [-0.3, -0.25) is 27.3 Å². The van der Waals surface area contributed by atoms with Crippen molar-refractivity contribution in [1.29, 1.82) is 0 Å². The Kier molecular flexibility index (Phi) is 7.44. The van der Waals surface area contributed by atoms with Gasteiger partial charge in [0.2, 0.25) is 0 Å². The number of nitrogen functional groups attached to an aromatic ring is 2. The number of hydrogen-bond acceptors (Lipinski definition) is 17. The van der Waals surface area contributed by atoms with Crippen molar-refractivity contribution in [2.75, 3.05) is 24.7 Å². The van der Waals surface area contributed by atoms with Crippen LogP contribution in [0, 0.1) is 0 Å². The van der Waals surface area contributed by atoms with Crippen LogP contribution in [0.3, 0.4) is 0 Å². The first-order chi connectivity index (χ1) is 21.5. The molecule has 7 rings (SSSR count). The molecule has 0 aliphatic carbocycles. The van der Waals surface area contributed by atoms with E-state index in [0.717, 1.165) is 12.1 Å². The molecule has 3 fully saturated rings. The van der Waals surface area contributed by atoms with E-state index in [-0.39, 0.29) is 34.0 Å². The van der Waals surface area contributed by atoms with Gasteiger partial charge in [-0.2, -0.15) is 0 Å². The van der Waals surface area contributed by atoms with Crippen LogP contribution in [0.2, 0.25) is 0 Å². The molecule has 0 spiro atoms. The normalized spacial score (nSPS) is 37.6. The molecule has 0 amide bonds. The lowest BCUT2D eigenvalue weighted by atomic mass is 10.1. The Bertz CT molecular complexity index is 1880. The molecule has 23 heteroatoms. The largest absolute Gasteiger partial charge is 0.472 e.